The van der Waals surface area contributed by atoms with E-state index in [0.29, 0.717) is 6.04 Å². The molecule has 18 heavy (non-hydrogen) atoms. The molecule has 1 aliphatic rings. The first-order chi connectivity index (χ1) is 8.85. The van der Waals surface area contributed by atoms with Crippen LogP contribution in [0.3, 0.4) is 0 Å². The molecule has 102 valence electrons. The number of hydrogen-bond acceptors (Lipinski definition) is 2. The lowest BCUT2D eigenvalue weighted by molar-refractivity contribution is 0.372. The molecule has 0 spiro atoms. The predicted molar refractivity (Wildman–Crippen MR) is 81.3 cm³/mol. The van der Waals surface area contributed by atoms with Crippen molar-refractivity contribution in [3.05, 3.63) is 21.9 Å². The molecule has 0 radical (unpaired) electrons. The Morgan fingerprint density at radius 3 is 3.11 bits per heavy atom. The van der Waals surface area contributed by atoms with Gasteiger partial charge in [-0.15, -0.1) is 11.3 Å². The average Bonchev–Trinajstić information content (AvgIpc) is 2.88. The van der Waals surface area contributed by atoms with E-state index in [-0.39, 0.29) is 0 Å². The van der Waals surface area contributed by atoms with Crippen molar-refractivity contribution in [2.45, 2.75) is 64.8 Å². The van der Waals surface area contributed by atoms with Crippen molar-refractivity contribution in [3.8, 4) is 0 Å². The minimum atomic E-state index is 0.635. The Morgan fingerprint density at radius 1 is 1.44 bits per heavy atom. The second-order valence-electron chi connectivity index (χ2n) is 5.57. The molecule has 1 heterocycles. The summed E-state index contributed by atoms with van der Waals surface area (Å²) in [7, 11) is 0. The molecule has 1 aromatic rings. The average molecular weight is 265 g/mol. The fourth-order valence-electron chi connectivity index (χ4n) is 2.95. The van der Waals surface area contributed by atoms with E-state index >= 15 is 0 Å². The van der Waals surface area contributed by atoms with E-state index in [2.05, 4.69) is 30.6 Å². The zero-order chi connectivity index (χ0) is 12.8. The molecule has 1 aromatic heterocycles. The van der Waals surface area contributed by atoms with Crippen molar-refractivity contribution < 1.29 is 0 Å². The fourth-order valence-corrected chi connectivity index (χ4v) is 3.94. The highest BCUT2D eigenvalue weighted by atomic mass is 32.1. The van der Waals surface area contributed by atoms with E-state index in [9.17, 15) is 0 Å². The van der Waals surface area contributed by atoms with Gasteiger partial charge >= 0.3 is 0 Å². The summed E-state index contributed by atoms with van der Waals surface area (Å²) in [6.07, 6.45) is 9.41. The molecule has 1 N–H and O–H groups in total. The number of thiophene rings is 1. The Balaban J connectivity index is 1.83. The van der Waals surface area contributed by atoms with Crippen molar-refractivity contribution in [1.29, 1.82) is 0 Å². The largest absolute Gasteiger partial charge is 0.310 e. The van der Waals surface area contributed by atoms with Gasteiger partial charge in [-0.3, -0.25) is 0 Å². The maximum Gasteiger partial charge on any atom is 0.0331 e. The summed E-state index contributed by atoms with van der Waals surface area (Å²) in [5, 5.41) is 6.09. The fraction of sp³-hybridized carbons (Fsp3) is 0.750. The van der Waals surface area contributed by atoms with Crippen LogP contribution in [0, 0.1) is 5.92 Å². The van der Waals surface area contributed by atoms with Gasteiger partial charge in [-0.05, 0) is 55.2 Å². The summed E-state index contributed by atoms with van der Waals surface area (Å²) in [5.41, 5.74) is 1.59. The quantitative estimate of drug-likeness (QED) is 0.737. The zero-order valence-electron chi connectivity index (χ0n) is 11.9. The monoisotopic (exact) mass is 265 g/mol. The first-order valence-corrected chi connectivity index (χ1v) is 8.52. The van der Waals surface area contributed by atoms with Gasteiger partial charge in [0.2, 0.25) is 0 Å². The lowest BCUT2D eigenvalue weighted by atomic mass is 9.92. The van der Waals surface area contributed by atoms with E-state index in [1.54, 1.807) is 10.4 Å². The molecule has 0 aromatic carbocycles. The SMILES string of the molecule is CCCCC(CC)CNC1CCCc2sccc21. The molecule has 0 bridgehead atoms. The van der Waals surface area contributed by atoms with Crippen LogP contribution in [0.2, 0.25) is 0 Å². The summed E-state index contributed by atoms with van der Waals surface area (Å²) in [6, 6.07) is 2.97. The maximum absolute atomic E-state index is 3.83. The molecular weight excluding hydrogens is 238 g/mol. The van der Waals surface area contributed by atoms with Gasteiger partial charge in [-0.25, -0.2) is 0 Å². The highest BCUT2D eigenvalue weighted by Crippen LogP contribution is 2.33. The molecule has 0 saturated heterocycles. The molecule has 0 amide bonds. The number of aryl methyl sites for hydroxylation is 1. The molecule has 0 fully saturated rings. The van der Waals surface area contributed by atoms with Crippen LogP contribution >= 0.6 is 11.3 Å². The molecule has 2 heteroatoms. The summed E-state index contributed by atoms with van der Waals surface area (Å²) < 4.78 is 0. The second kappa shape index (κ2) is 7.30. The van der Waals surface area contributed by atoms with Crippen molar-refractivity contribution in [3.63, 3.8) is 0 Å². The number of hydrogen-bond donors (Lipinski definition) is 1. The van der Waals surface area contributed by atoms with E-state index in [1.165, 1.54) is 51.5 Å². The van der Waals surface area contributed by atoms with E-state index < -0.39 is 0 Å². The number of nitrogens with one attached hydrogen (secondary N) is 1. The molecule has 0 aliphatic heterocycles. The molecular formula is C16H27NS. The van der Waals surface area contributed by atoms with Crippen LogP contribution in [0.25, 0.3) is 0 Å². The minimum absolute atomic E-state index is 0.635. The van der Waals surface area contributed by atoms with Crippen LogP contribution in [-0.4, -0.2) is 6.54 Å². The lowest BCUT2D eigenvalue weighted by Gasteiger charge is -2.26. The summed E-state index contributed by atoms with van der Waals surface area (Å²) >= 11 is 1.94. The second-order valence-corrected chi connectivity index (χ2v) is 6.57. The Bertz CT molecular complexity index is 345. The number of unbranched alkanes of at least 4 members (excludes halogenated alkanes) is 1. The Hall–Kier alpha value is -0.340. The predicted octanol–water partition coefficient (Wildman–Crippen LogP) is 4.93. The van der Waals surface area contributed by atoms with Gasteiger partial charge in [-0.2, -0.15) is 0 Å². The van der Waals surface area contributed by atoms with Gasteiger partial charge in [-0.1, -0.05) is 33.1 Å². The number of rotatable bonds is 7. The Kier molecular flexibility index (Phi) is 5.71. The van der Waals surface area contributed by atoms with Crippen LogP contribution in [0.1, 0.15) is 68.9 Å². The summed E-state index contributed by atoms with van der Waals surface area (Å²) in [5.74, 6) is 0.869. The minimum Gasteiger partial charge on any atom is -0.310 e. The van der Waals surface area contributed by atoms with Gasteiger partial charge in [0.25, 0.3) is 0 Å². The first-order valence-electron chi connectivity index (χ1n) is 7.64. The van der Waals surface area contributed by atoms with Crippen LogP contribution in [0.15, 0.2) is 11.4 Å². The lowest BCUT2D eigenvalue weighted by Crippen LogP contribution is -2.29. The topological polar surface area (TPSA) is 12.0 Å². The third kappa shape index (κ3) is 3.58. The van der Waals surface area contributed by atoms with Crippen molar-refractivity contribution in [2.24, 2.45) is 5.92 Å². The number of fused-ring (bicyclic) bond motifs is 1. The van der Waals surface area contributed by atoms with Gasteiger partial charge < -0.3 is 5.32 Å². The summed E-state index contributed by atoms with van der Waals surface area (Å²) in [6.45, 7) is 5.83. The third-order valence-corrected chi connectivity index (χ3v) is 5.24. The van der Waals surface area contributed by atoms with Crippen molar-refractivity contribution in [1.82, 2.24) is 5.32 Å². The molecule has 1 nitrogen and oxygen atoms in total. The van der Waals surface area contributed by atoms with Gasteiger partial charge in [0, 0.05) is 10.9 Å². The Morgan fingerprint density at radius 2 is 2.33 bits per heavy atom. The van der Waals surface area contributed by atoms with Crippen molar-refractivity contribution in [2.75, 3.05) is 6.54 Å². The highest BCUT2D eigenvalue weighted by Gasteiger charge is 2.21. The molecule has 1 aliphatic carbocycles. The summed E-state index contributed by atoms with van der Waals surface area (Å²) in [4.78, 5) is 1.63. The standard InChI is InChI=1S/C16H27NS/c1-3-5-7-13(4-2)12-17-15-8-6-9-16-14(15)10-11-18-16/h10-11,13,15,17H,3-9,12H2,1-2H3. The molecule has 2 atom stereocenters. The third-order valence-electron chi connectivity index (χ3n) is 4.25. The van der Waals surface area contributed by atoms with Gasteiger partial charge in [0.1, 0.15) is 0 Å². The maximum atomic E-state index is 3.83. The highest BCUT2D eigenvalue weighted by molar-refractivity contribution is 7.10. The molecule has 0 saturated carbocycles. The smallest absolute Gasteiger partial charge is 0.0331 e. The Labute approximate surface area is 116 Å². The van der Waals surface area contributed by atoms with Gasteiger partial charge in [0.15, 0.2) is 0 Å². The van der Waals surface area contributed by atoms with Crippen LogP contribution in [0.5, 0.6) is 0 Å². The van der Waals surface area contributed by atoms with Crippen molar-refractivity contribution >= 4 is 11.3 Å². The van der Waals surface area contributed by atoms with E-state index in [1.807, 2.05) is 11.3 Å². The first kappa shape index (κ1) is 14.1. The van der Waals surface area contributed by atoms with Crippen LogP contribution in [-0.2, 0) is 6.42 Å². The normalized spacial score (nSPS) is 20.7. The van der Waals surface area contributed by atoms with Crippen LogP contribution in [0.4, 0.5) is 0 Å². The van der Waals surface area contributed by atoms with E-state index in [0.717, 1.165) is 5.92 Å². The molecule has 2 unspecified atom stereocenters. The van der Waals surface area contributed by atoms with Crippen LogP contribution < -0.4 is 5.32 Å². The zero-order valence-corrected chi connectivity index (χ0v) is 12.7. The molecule has 2 rings (SSSR count). The van der Waals surface area contributed by atoms with Gasteiger partial charge in [0.05, 0.1) is 0 Å². The van der Waals surface area contributed by atoms with E-state index in [4.69, 9.17) is 0 Å².